The van der Waals surface area contributed by atoms with Crippen molar-refractivity contribution in [3.8, 4) is 0 Å². The maximum absolute atomic E-state index is 14.0. The second kappa shape index (κ2) is 40.9. The standard InChI is InChI=1S/C68H106N5O34P/c1-29(2)14-13-16-30(3)17-18-32(5)21-24-68(9,10)23-12-11-15-31(4)22-25-95-40(61(90)91)28-97-108(93,94)107-66-58(55(106-67(70)92)52(87)56(103-66)59(69)88)105-63-43(72-35(8)76)46(81)54(39(100-63)27-96-64-50(85)47(82)44(79)38(26-74)99-64)102-62-42(71-34(7)75)45(80)53(33(6)98-62)101-65-51(86)48(83)49(84)57(104-65)60(89)73-41-36(77)19-20-37(41)78/h12,14,17,22-23,33,38-40,42-58,62-66,74,77,79-87H,5,11,13,15-16,18-21,24-28H2,1-4,6-10H3,(H2,69,88)(H2,70,92)(H,71,75)(H,72,76)(H,73,89)(H,90,91)(H,93,94)/b23-12+,30-17+,31-22-/t33?,38?,39?,40-,42?,43?,44?,45-,46-,47?,48?,49-,50?,51?,52?,53?,54?,55+,56?,57?,58?,62?,63?,64?,65-,66?/m1/s1. The summed E-state index contributed by atoms with van der Waals surface area (Å²) in [6.07, 6.45) is -37.6. The number of Topliss-reactive ketones (excluding diaryl/α,β-unsaturated/α-hetero) is 1. The van der Waals surface area contributed by atoms with E-state index in [2.05, 4.69) is 75.4 Å². The van der Waals surface area contributed by atoms with Gasteiger partial charge in [-0.3, -0.25) is 33.0 Å². The van der Waals surface area contributed by atoms with Crippen LogP contribution in [0.2, 0.25) is 0 Å². The Morgan fingerprint density at radius 1 is 0.667 bits per heavy atom. The van der Waals surface area contributed by atoms with Gasteiger partial charge in [0.05, 0.1) is 32.5 Å². The zero-order chi connectivity index (χ0) is 80.6. The van der Waals surface area contributed by atoms with Crippen molar-refractivity contribution in [2.75, 3.05) is 26.4 Å². The molecule has 6 aliphatic rings. The Morgan fingerprint density at radius 2 is 1.24 bits per heavy atom. The number of rotatable bonds is 37. The fraction of sp³-hybridized carbons (Fsp3) is 0.721. The van der Waals surface area contributed by atoms with Crippen molar-refractivity contribution in [2.45, 2.75) is 280 Å². The number of ketones is 1. The van der Waals surface area contributed by atoms with Gasteiger partial charge in [0.15, 0.2) is 67.8 Å². The summed E-state index contributed by atoms with van der Waals surface area (Å²) >= 11 is 0. The summed E-state index contributed by atoms with van der Waals surface area (Å²) in [4.78, 5) is 101. The lowest BCUT2D eigenvalue weighted by atomic mass is 9.85. The molecule has 39 nitrogen and oxygen atoms in total. The van der Waals surface area contributed by atoms with Gasteiger partial charge in [-0.1, -0.05) is 73.1 Å². The topological polar surface area (TPSA) is 608 Å². The number of phosphoric ester groups is 1. The first kappa shape index (κ1) is 90.7. The number of aliphatic carboxylic acids is 1. The van der Waals surface area contributed by atoms with E-state index < -0.39 is 240 Å². The van der Waals surface area contributed by atoms with E-state index in [0.29, 0.717) is 12.8 Å². The predicted molar refractivity (Wildman–Crippen MR) is 367 cm³/mol. The third-order valence-electron chi connectivity index (χ3n) is 18.5. The molecule has 5 saturated heterocycles. The van der Waals surface area contributed by atoms with Gasteiger partial charge >= 0.3 is 19.9 Å². The number of carboxylic acid groups (broad SMARTS) is 1. The number of phosphoric acid groups is 1. The molecule has 612 valence electrons. The highest BCUT2D eigenvalue weighted by Gasteiger charge is 2.59. The zero-order valence-corrected chi connectivity index (χ0v) is 62.2. The lowest BCUT2D eigenvalue weighted by molar-refractivity contribution is -0.371. The number of carbonyl (C=O) groups is 7. The highest BCUT2D eigenvalue weighted by Crippen LogP contribution is 2.48. The van der Waals surface area contributed by atoms with Gasteiger partial charge in [0.2, 0.25) is 17.7 Å². The number of carboxylic acids is 1. The molecular weight excluding hydrogens is 1460 g/mol. The first-order valence-electron chi connectivity index (χ1n) is 35.0. The summed E-state index contributed by atoms with van der Waals surface area (Å²) < 4.78 is 88.4. The van der Waals surface area contributed by atoms with Crippen LogP contribution >= 0.6 is 7.82 Å². The van der Waals surface area contributed by atoms with E-state index in [1.165, 1.54) is 18.1 Å². The molecule has 20 N–H and O–H groups in total. The number of nitrogens with two attached hydrogens (primary N) is 2. The van der Waals surface area contributed by atoms with Crippen LogP contribution in [0.15, 0.2) is 70.7 Å². The van der Waals surface area contributed by atoms with Crippen LogP contribution in [0, 0.1) is 5.41 Å². The minimum atomic E-state index is -5.83. The molecule has 0 aromatic heterocycles. The van der Waals surface area contributed by atoms with Crippen LogP contribution in [0.4, 0.5) is 4.79 Å². The SMILES string of the molecule is C=C(C/C=C(\C)CCC=C(C)C)CCC(C)(C)/C=C/CC/C(C)=C\CO[C@H](COP(=O)(O)OC1OC(C(N)=O)C(O)[C@H](OC(N)=O)C1OC1OC(COC2OC(CO)C(O)C(O)C2O)C(OC2OC(C)C(O[C@@H]3OC(C(=O)NC4=C(O)CCC4=O)[C@H](O)C(O)C3O)[C@H](O)C2NC(C)=O)[C@H](O)C1NC(C)=O)C(=O)O. The van der Waals surface area contributed by atoms with Gasteiger partial charge in [0, 0.05) is 26.7 Å². The maximum Gasteiger partial charge on any atom is 0.474 e. The summed E-state index contributed by atoms with van der Waals surface area (Å²) in [5, 5.41) is 139. The molecule has 5 amide bonds. The van der Waals surface area contributed by atoms with Crippen molar-refractivity contribution in [3.63, 3.8) is 0 Å². The molecule has 5 aliphatic heterocycles. The Kier molecular flexibility index (Phi) is 34.3. The first-order valence-corrected chi connectivity index (χ1v) is 36.5. The van der Waals surface area contributed by atoms with Crippen LogP contribution in [0.1, 0.15) is 120 Å². The van der Waals surface area contributed by atoms with E-state index in [9.17, 15) is 104 Å². The summed E-state index contributed by atoms with van der Waals surface area (Å²) in [6.45, 7) is 16.0. The average Bonchev–Trinajstić information content (AvgIpc) is 0.801. The van der Waals surface area contributed by atoms with E-state index in [0.717, 1.165) is 57.1 Å². The molecule has 1 aliphatic carbocycles. The molecule has 27 atom stereocenters. The van der Waals surface area contributed by atoms with Crippen molar-refractivity contribution < 1.29 is 165 Å². The number of nitrogens with one attached hydrogen (secondary N) is 3. The first-order chi connectivity index (χ1) is 50.5. The lowest BCUT2D eigenvalue weighted by Gasteiger charge is -2.50. The van der Waals surface area contributed by atoms with Crippen LogP contribution in [-0.4, -0.2) is 294 Å². The van der Waals surface area contributed by atoms with Gasteiger partial charge in [-0.15, -0.1) is 0 Å². The molecule has 108 heavy (non-hydrogen) atoms. The van der Waals surface area contributed by atoms with Crippen molar-refractivity contribution in [2.24, 2.45) is 16.9 Å². The number of ether oxygens (including phenoxy) is 11. The molecule has 5 heterocycles. The van der Waals surface area contributed by atoms with Gasteiger partial charge in [-0.2, -0.15) is 0 Å². The minimum Gasteiger partial charge on any atom is -0.510 e. The number of hydrogen-bond donors (Lipinski definition) is 18. The molecule has 40 heteroatoms. The molecule has 0 bridgehead atoms. The number of amides is 5. The second-order valence-corrected chi connectivity index (χ2v) is 29.6. The molecular formula is C68H106N5O34P. The molecule has 0 aromatic rings. The smallest absolute Gasteiger partial charge is 0.474 e. The maximum atomic E-state index is 14.0. The average molecular weight is 1570 g/mol. The highest BCUT2D eigenvalue weighted by atomic mass is 31.2. The largest absolute Gasteiger partial charge is 0.510 e. The number of primary amides is 2. The predicted octanol–water partition coefficient (Wildman–Crippen LogP) is -2.42. The fourth-order valence-corrected chi connectivity index (χ4v) is 13.2. The number of hydrogen-bond acceptors (Lipinski definition) is 32. The number of allylic oxidation sites excluding steroid dienone is 10. The van der Waals surface area contributed by atoms with Gasteiger partial charge in [0.25, 0.3) is 5.91 Å². The molecule has 0 aromatic carbocycles. The molecule has 5 fully saturated rings. The Labute approximate surface area is 622 Å². The van der Waals surface area contributed by atoms with Gasteiger partial charge in [-0.25, -0.2) is 14.2 Å². The molecule has 0 radical (unpaired) electrons. The van der Waals surface area contributed by atoms with Crippen LogP contribution in [0.3, 0.4) is 0 Å². The fourth-order valence-electron chi connectivity index (χ4n) is 12.3. The van der Waals surface area contributed by atoms with Crippen LogP contribution in [0.25, 0.3) is 0 Å². The Hall–Kier alpha value is -6.16. The van der Waals surface area contributed by atoms with E-state index in [4.69, 9.17) is 72.6 Å². The van der Waals surface area contributed by atoms with Crippen molar-refractivity contribution in [1.82, 2.24) is 16.0 Å². The van der Waals surface area contributed by atoms with Gasteiger partial charge < -0.3 is 146 Å². The van der Waals surface area contributed by atoms with Crippen LogP contribution in [-0.2, 0) is 94.5 Å². The highest BCUT2D eigenvalue weighted by molar-refractivity contribution is 7.47. The molecule has 0 spiro atoms. The normalized spacial score (nSPS) is 35.1. The number of aliphatic hydroxyl groups excluding tert-OH is 11. The Balaban J connectivity index is 1.23. The Bertz CT molecular complexity index is 3310. The summed E-state index contributed by atoms with van der Waals surface area (Å²) in [5.74, 6) is -7.64. The molecule has 0 saturated carbocycles. The third kappa shape index (κ3) is 25.4. The van der Waals surface area contributed by atoms with E-state index in [1.807, 2.05) is 6.08 Å². The van der Waals surface area contributed by atoms with Crippen molar-refractivity contribution >= 4 is 49.3 Å². The zero-order valence-electron chi connectivity index (χ0n) is 61.3. The monoisotopic (exact) mass is 1570 g/mol. The summed E-state index contributed by atoms with van der Waals surface area (Å²) in [6, 6.07) is -3.98. The summed E-state index contributed by atoms with van der Waals surface area (Å²) in [5.41, 5.74) is 14.8. The number of aliphatic hydroxyl groups is 11. The second-order valence-electron chi connectivity index (χ2n) is 28.2. The molecule has 6 rings (SSSR count). The van der Waals surface area contributed by atoms with Crippen LogP contribution < -0.4 is 27.4 Å². The van der Waals surface area contributed by atoms with E-state index >= 15 is 0 Å². The summed E-state index contributed by atoms with van der Waals surface area (Å²) in [7, 11) is -5.83. The minimum absolute atomic E-state index is 0.127. The van der Waals surface area contributed by atoms with E-state index in [-0.39, 0.29) is 24.9 Å². The molecule has 21 unspecified atom stereocenters. The van der Waals surface area contributed by atoms with Crippen molar-refractivity contribution in [3.05, 3.63) is 70.7 Å². The van der Waals surface area contributed by atoms with Crippen molar-refractivity contribution in [1.29, 1.82) is 0 Å². The third-order valence-corrected chi connectivity index (χ3v) is 19.5. The van der Waals surface area contributed by atoms with Crippen LogP contribution in [0.5, 0.6) is 0 Å². The quantitative estimate of drug-likeness (QED) is 0.0227. The van der Waals surface area contributed by atoms with Gasteiger partial charge in [0.1, 0.15) is 103 Å². The van der Waals surface area contributed by atoms with E-state index in [1.54, 1.807) is 13.0 Å². The Morgan fingerprint density at radius 3 is 1.83 bits per heavy atom. The number of carbonyl (C=O) groups excluding carboxylic acids is 6. The van der Waals surface area contributed by atoms with Gasteiger partial charge in [-0.05, 0) is 85.0 Å². The lowest BCUT2D eigenvalue weighted by Crippen LogP contribution is -2.71.